The topological polar surface area (TPSA) is 38.3 Å². The van der Waals surface area contributed by atoms with Gasteiger partial charge in [0.05, 0.1) is 6.04 Å². The molecule has 0 radical (unpaired) electrons. The van der Waals surface area contributed by atoms with E-state index in [4.69, 9.17) is 4.74 Å². The first-order chi connectivity index (χ1) is 12.2. The summed E-state index contributed by atoms with van der Waals surface area (Å²) in [5, 5.41) is 2.99. The summed E-state index contributed by atoms with van der Waals surface area (Å²) in [5.41, 5.74) is 3.96. The first-order valence-electron chi connectivity index (χ1n) is 8.95. The number of hydrogen-bond acceptors (Lipinski definition) is 2. The van der Waals surface area contributed by atoms with Gasteiger partial charge in [-0.15, -0.1) is 0 Å². The van der Waals surface area contributed by atoms with Crippen molar-refractivity contribution in [1.29, 1.82) is 0 Å². The van der Waals surface area contributed by atoms with Gasteiger partial charge in [0, 0.05) is 0 Å². The first-order valence-corrected chi connectivity index (χ1v) is 8.95. The lowest BCUT2D eigenvalue weighted by molar-refractivity contribution is -0.123. The van der Waals surface area contributed by atoms with Gasteiger partial charge >= 0.3 is 0 Å². The fourth-order valence-corrected chi connectivity index (χ4v) is 3.33. The molecule has 1 aliphatic rings. The van der Waals surface area contributed by atoms with E-state index >= 15 is 0 Å². The van der Waals surface area contributed by atoms with Crippen LogP contribution in [0.3, 0.4) is 0 Å². The molecule has 25 heavy (non-hydrogen) atoms. The van der Waals surface area contributed by atoms with Crippen LogP contribution >= 0.6 is 0 Å². The largest absolute Gasteiger partial charge is 0.481 e. The predicted octanol–water partition coefficient (Wildman–Crippen LogP) is 4.35. The van der Waals surface area contributed by atoms with Gasteiger partial charge in [0.1, 0.15) is 0 Å². The summed E-state index contributed by atoms with van der Waals surface area (Å²) in [4.78, 5) is 12.2. The second kappa shape index (κ2) is 8.15. The molecule has 3 rings (SSSR count). The van der Waals surface area contributed by atoms with Crippen LogP contribution in [0.15, 0.2) is 42.5 Å². The van der Waals surface area contributed by atoms with Gasteiger partial charge < -0.3 is 10.1 Å². The number of fused-ring (bicyclic) bond motifs is 1. The van der Waals surface area contributed by atoms with Gasteiger partial charge in [-0.05, 0) is 60.9 Å². The van der Waals surface area contributed by atoms with E-state index in [1.807, 2.05) is 6.92 Å². The molecule has 2 aromatic carbocycles. The van der Waals surface area contributed by atoms with Crippen molar-refractivity contribution in [3.8, 4) is 5.75 Å². The number of para-hydroxylation sites is 1. The summed E-state index contributed by atoms with van der Waals surface area (Å²) in [6, 6.07) is 12.6. The van der Waals surface area contributed by atoms with Gasteiger partial charge in [0.25, 0.3) is 5.91 Å². The summed E-state index contributed by atoms with van der Waals surface area (Å²) < 4.78 is 18.8. The van der Waals surface area contributed by atoms with Gasteiger partial charge in [0.2, 0.25) is 0 Å². The number of nitrogens with one attached hydrogen (secondary N) is 1. The van der Waals surface area contributed by atoms with Crippen LogP contribution in [-0.2, 0) is 17.6 Å². The van der Waals surface area contributed by atoms with Crippen LogP contribution in [0, 0.1) is 5.82 Å². The quantitative estimate of drug-likeness (QED) is 0.848. The van der Waals surface area contributed by atoms with Gasteiger partial charge in [-0.3, -0.25) is 4.79 Å². The van der Waals surface area contributed by atoms with Crippen LogP contribution in [-0.4, -0.2) is 12.5 Å². The van der Waals surface area contributed by atoms with E-state index in [0.29, 0.717) is 0 Å². The average Bonchev–Trinajstić information content (AvgIpc) is 2.65. The Hall–Kier alpha value is -2.36. The van der Waals surface area contributed by atoms with Gasteiger partial charge in [-0.25, -0.2) is 4.39 Å². The molecule has 0 saturated carbocycles. The third kappa shape index (κ3) is 4.38. The molecular formula is C21H24FNO2. The highest BCUT2D eigenvalue weighted by atomic mass is 19.1. The average molecular weight is 341 g/mol. The molecule has 0 fully saturated rings. The minimum absolute atomic E-state index is 0.0519. The van der Waals surface area contributed by atoms with Crippen LogP contribution in [0.25, 0.3) is 0 Å². The van der Waals surface area contributed by atoms with Crippen molar-refractivity contribution in [1.82, 2.24) is 5.32 Å². The molecule has 2 aromatic rings. The van der Waals surface area contributed by atoms with Crippen LogP contribution in [0.2, 0.25) is 0 Å². The molecule has 3 nitrogen and oxygen atoms in total. The van der Waals surface area contributed by atoms with Crippen LogP contribution in [0.4, 0.5) is 4.39 Å². The van der Waals surface area contributed by atoms with Gasteiger partial charge in [0.15, 0.2) is 18.2 Å². The Morgan fingerprint density at radius 3 is 2.68 bits per heavy atom. The van der Waals surface area contributed by atoms with Crippen LogP contribution < -0.4 is 10.1 Å². The molecule has 1 aliphatic carbocycles. The van der Waals surface area contributed by atoms with E-state index < -0.39 is 5.82 Å². The Labute approximate surface area is 148 Å². The minimum Gasteiger partial charge on any atom is -0.481 e. The third-order valence-electron chi connectivity index (χ3n) is 4.71. The summed E-state index contributed by atoms with van der Waals surface area (Å²) in [5.74, 6) is -0.607. The van der Waals surface area contributed by atoms with E-state index in [0.717, 1.165) is 24.8 Å². The summed E-state index contributed by atoms with van der Waals surface area (Å²) in [6.07, 6.45) is 5.55. The highest BCUT2D eigenvalue weighted by molar-refractivity contribution is 5.78. The Kier molecular flexibility index (Phi) is 5.69. The first kappa shape index (κ1) is 17.5. The van der Waals surface area contributed by atoms with Crippen molar-refractivity contribution in [2.24, 2.45) is 0 Å². The molecule has 0 spiro atoms. The fraction of sp³-hybridized carbons (Fsp3) is 0.381. The highest BCUT2D eigenvalue weighted by Gasteiger charge is 2.16. The number of benzene rings is 2. The lowest BCUT2D eigenvalue weighted by atomic mass is 9.89. The maximum absolute atomic E-state index is 13.5. The molecule has 1 amide bonds. The summed E-state index contributed by atoms with van der Waals surface area (Å²) in [6.45, 7) is 1.85. The van der Waals surface area contributed by atoms with Crippen molar-refractivity contribution in [3.63, 3.8) is 0 Å². The van der Waals surface area contributed by atoms with Crippen molar-refractivity contribution in [2.75, 3.05) is 6.61 Å². The molecule has 0 bridgehead atoms. The number of amides is 1. The van der Waals surface area contributed by atoms with Gasteiger partial charge in [-0.2, -0.15) is 0 Å². The number of carbonyl (C=O) groups is 1. The number of aryl methyl sites for hydroxylation is 2. The smallest absolute Gasteiger partial charge is 0.258 e. The maximum atomic E-state index is 13.5. The van der Waals surface area contributed by atoms with Crippen molar-refractivity contribution in [2.45, 2.75) is 45.1 Å². The second-order valence-electron chi connectivity index (χ2n) is 6.48. The van der Waals surface area contributed by atoms with Crippen LogP contribution in [0.5, 0.6) is 5.75 Å². The molecule has 4 heteroatoms. The molecular weight excluding hydrogens is 317 g/mol. The normalized spacial score (nSPS) is 14.5. The Balaban J connectivity index is 1.61. The lowest BCUT2D eigenvalue weighted by Gasteiger charge is -2.21. The van der Waals surface area contributed by atoms with Gasteiger partial charge in [-0.1, -0.05) is 37.3 Å². The molecule has 0 aliphatic heterocycles. The predicted molar refractivity (Wildman–Crippen MR) is 96.2 cm³/mol. The number of carbonyl (C=O) groups excluding carboxylic acids is 1. The summed E-state index contributed by atoms with van der Waals surface area (Å²) >= 11 is 0. The SMILES string of the molecule is CCC(NC(=O)COc1ccccc1F)c1ccc2c(c1)CCCC2. The Bertz CT molecular complexity index is 744. The molecule has 1 atom stereocenters. The highest BCUT2D eigenvalue weighted by Crippen LogP contribution is 2.26. The van der Waals surface area contributed by atoms with E-state index in [-0.39, 0.29) is 24.3 Å². The summed E-state index contributed by atoms with van der Waals surface area (Å²) in [7, 11) is 0. The standard InChI is InChI=1S/C21H24FNO2/c1-2-19(17-12-11-15-7-3-4-8-16(15)13-17)23-21(24)14-25-20-10-6-5-9-18(20)22/h5-6,9-13,19H,2-4,7-8,14H2,1H3,(H,23,24). The maximum Gasteiger partial charge on any atom is 0.258 e. The van der Waals surface area contributed by atoms with Crippen molar-refractivity contribution < 1.29 is 13.9 Å². The van der Waals surface area contributed by atoms with Crippen LogP contribution in [0.1, 0.15) is 48.9 Å². The Morgan fingerprint density at radius 2 is 1.92 bits per heavy atom. The molecule has 0 heterocycles. The fourth-order valence-electron chi connectivity index (χ4n) is 3.33. The monoisotopic (exact) mass is 341 g/mol. The number of hydrogen-bond donors (Lipinski definition) is 1. The lowest BCUT2D eigenvalue weighted by Crippen LogP contribution is -2.32. The zero-order chi connectivity index (χ0) is 17.6. The zero-order valence-corrected chi connectivity index (χ0v) is 14.6. The molecule has 1 unspecified atom stereocenters. The third-order valence-corrected chi connectivity index (χ3v) is 4.71. The second-order valence-corrected chi connectivity index (χ2v) is 6.48. The molecule has 0 saturated heterocycles. The zero-order valence-electron chi connectivity index (χ0n) is 14.6. The molecule has 0 aromatic heterocycles. The number of halogens is 1. The molecule has 132 valence electrons. The Morgan fingerprint density at radius 1 is 1.16 bits per heavy atom. The van der Waals surface area contributed by atoms with E-state index in [2.05, 4.69) is 23.5 Å². The molecule has 1 N–H and O–H groups in total. The van der Waals surface area contributed by atoms with E-state index in [9.17, 15) is 9.18 Å². The number of rotatable bonds is 6. The van der Waals surface area contributed by atoms with E-state index in [1.54, 1.807) is 12.1 Å². The van der Waals surface area contributed by atoms with Crippen molar-refractivity contribution in [3.05, 3.63) is 65.0 Å². The van der Waals surface area contributed by atoms with E-state index in [1.165, 1.54) is 36.1 Å². The minimum atomic E-state index is -0.461. The number of ether oxygens (including phenoxy) is 1. The van der Waals surface area contributed by atoms with Crippen molar-refractivity contribution >= 4 is 5.91 Å².